The van der Waals surface area contributed by atoms with E-state index >= 15 is 0 Å². The van der Waals surface area contributed by atoms with Crippen molar-refractivity contribution < 1.29 is 19.1 Å². The molecule has 2 N–H and O–H groups in total. The molecule has 5 heteroatoms. The molecule has 0 aliphatic rings. The van der Waals surface area contributed by atoms with Gasteiger partial charge in [0.05, 0.1) is 0 Å². The first-order valence-corrected chi connectivity index (χ1v) is 10.8. The van der Waals surface area contributed by atoms with E-state index in [9.17, 15) is 19.1 Å². The van der Waals surface area contributed by atoms with Gasteiger partial charge in [0, 0.05) is 0 Å². The quantitative estimate of drug-likeness (QED) is 0.341. The maximum Gasteiger partial charge on any atom is 0.336 e. The van der Waals surface area contributed by atoms with Gasteiger partial charge in [-0.3, -0.25) is 9.36 Å². The molecule has 1 atom stereocenters. The number of hydrogen-bond donors (Lipinski definition) is 2. The van der Waals surface area contributed by atoms with Crippen molar-refractivity contribution in [3.05, 3.63) is 34.9 Å². The summed E-state index contributed by atoms with van der Waals surface area (Å²) >= 11 is 0. The Morgan fingerprint density at radius 2 is 1.32 bits per heavy atom. The van der Waals surface area contributed by atoms with Crippen LogP contribution < -0.4 is 0 Å². The molecular weight excluding hydrogens is 335 g/mol. The Morgan fingerprint density at radius 1 is 0.880 bits per heavy atom. The second kappa shape index (κ2) is 12.4. The van der Waals surface area contributed by atoms with Gasteiger partial charge in [0.25, 0.3) is 0 Å². The molecule has 0 spiro atoms. The summed E-state index contributed by atoms with van der Waals surface area (Å²) in [5.74, 6) is -0.459. The molecule has 0 radical (unpaired) electrons. The highest BCUT2D eigenvalue weighted by Crippen LogP contribution is 2.43. The van der Waals surface area contributed by atoms with E-state index in [0.29, 0.717) is 0 Å². The average molecular weight is 370 g/mol. The van der Waals surface area contributed by atoms with Crippen molar-refractivity contribution in [1.29, 1.82) is 0 Å². The summed E-state index contributed by atoms with van der Waals surface area (Å²) in [5.41, 5.74) is 2.67. The van der Waals surface area contributed by atoms with Crippen LogP contribution in [-0.4, -0.2) is 21.2 Å². The molecule has 0 bridgehead atoms. The van der Waals surface area contributed by atoms with Gasteiger partial charge in [-0.1, -0.05) is 48.3 Å². The van der Waals surface area contributed by atoms with Crippen LogP contribution >= 0.6 is 7.60 Å². The van der Waals surface area contributed by atoms with Crippen LogP contribution in [0.25, 0.3) is 0 Å². The summed E-state index contributed by atoms with van der Waals surface area (Å²) < 4.78 is 11.3. The Balaban J connectivity index is 4.35. The molecule has 0 amide bonds. The first-order chi connectivity index (χ1) is 11.6. The second-order valence-electron chi connectivity index (χ2n) is 6.93. The van der Waals surface area contributed by atoms with E-state index in [1.807, 2.05) is 6.92 Å². The lowest BCUT2D eigenvalue weighted by atomic mass is 10.0. The van der Waals surface area contributed by atoms with E-state index in [0.717, 1.165) is 31.3 Å². The normalized spacial score (nSPS) is 15.4. The second-order valence-corrected chi connectivity index (χ2v) is 8.73. The minimum absolute atomic E-state index is 0.107. The summed E-state index contributed by atoms with van der Waals surface area (Å²) in [6, 6.07) is 0. The molecule has 0 saturated heterocycles. The van der Waals surface area contributed by atoms with Gasteiger partial charge in [0.2, 0.25) is 0 Å². The Labute approximate surface area is 153 Å². The molecule has 0 aromatic carbocycles. The number of rotatable bonds is 12. The van der Waals surface area contributed by atoms with Crippen LogP contribution in [-0.2, 0) is 9.36 Å². The van der Waals surface area contributed by atoms with Gasteiger partial charge in [-0.25, -0.2) is 0 Å². The topological polar surface area (TPSA) is 74.6 Å². The van der Waals surface area contributed by atoms with E-state index in [2.05, 4.69) is 32.9 Å². The van der Waals surface area contributed by atoms with E-state index < -0.39 is 19.0 Å². The summed E-state index contributed by atoms with van der Waals surface area (Å²) in [4.78, 5) is 29.8. The highest BCUT2D eigenvalue weighted by atomic mass is 31.2. The molecule has 0 aromatic heterocycles. The van der Waals surface area contributed by atoms with Gasteiger partial charge >= 0.3 is 7.60 Å². The molecule has 4 nitrogen and oxygen atoms in total. The fourth-order valence-electron chi connectivity index (χ4n) is 2.65. The largest absolute Gasteiger partial charge is 0.336 e. The molecule has 144 valence electrons. The smallest absolute Gasteiger partial charge is 0.324 e. The van der Waals surface area contributed by atoms with Gasteiger partial charge in [0.1, 0.15) is 11.4 Å². The van der Waals surface area contributed by atoms with Crippen LogP contribution in [0.5, 0.6) is 0 Å². The SMILES string of the molecule is CCC/C(C)=C/CC/C(C)=C/CC/C(C)=C/CC(C(C)=O)P(=O)(O)O. The Kier molecular flexibility index (Phi) is 11.9. The summed E-state index contributed by atoms with van der Waals surface area (Å²) in [5, 5.41) is 0. The molecule has 1 unspecified atom stereocenters. The molecule has 0 saturated carbocycles. The zero-order chi connectivity index (χ0) is 19.5. The van der Waals surface area contributed by atoms with Gasteiger partial charge < -0.3 is 9.79 Å². The van der Waals surface area contributed by atoms with Crippen molar-refractivity contribution in [2.24, 2.45) is 0 Å². The van der Waals surface area contributed by atoms with Gasteiger partial charge in [-0.2, -0.15) is 0 Å². The Bertz CT molecular complexity index is 552. The Hall–Kier alpha value is -0.960. The first kappa shape index (κ1) is 24.0. The predicted molar refractivity (Wildman–Crippen MR) is 106 cm³/mol. The van der Waals surface area contributed by atoms with Crippen LogP contribution in [0.2, 0.25) is 0 Å². The summed E-state index contributed by atoms with van der Waals surface area (Å²) in [7, 11) is -4.37. The monoisotopic (exact) mass is 370 g/mol. The number of Topliss-reactive ketones (excluding diaryl/α,β-unsaturated/α-hetero) is 1. The highest BCUT2D eigenvalue weighted by molar-refractivity contribution is 7.53. The van der Waals surface area contributed by atoms with Gasteiger partial charge in [0.15, 0.2) is 0 Å². The Morgan fingerprint density at radius 3 is 1.72 bits per heavy atom. The van der Waals surface area contributed by atoms with Crippen molar-refractivity contribution in [3.63, 3.8) is 0 Å². The third-order valence-corrected chi connectivity index (χ3v) is 5.66. The molecule has 0 aliphatic carbocycles. The van der Waals surface area contributed by atoms with Crippen molar-refractivity contribution in [2.75, 3.05) is 0 Å². The third kappa shape index (κ3) is 12.1. The van der Waals surface area contributed by atoms with E-state index in [1.165, 1.54) is 30.9 Å². The number of carbonyl (C=O) groups excluding carboxylic acids is 1. The van der Waals surface area contributed by atoms with Crippen LogP contribution in [0.4, 0.5) is 0 Å². The van der Waals surface area contributed by atoms with Crippen molar-refractivity contribution in [1.82, 2.24) is 0 Å². The molecule has 0 aliphatic heterocycles. The lowest BCUT2D eigenvalue weighted by molar-refractivity contribution is -0.116. The summed E-state index contributed by atoms with van der Waals surface area (Å²) in [6.07, 6.45) is 12.7. The predicted octanol–water partition coefficient (Wildman–Crippen LogP) is 5.71. The molecule has 0 fully saturated rings. The minimum Gasteiger partial charge on any atom is -0.324 e. The molecule has 25 heavy (non-hydrogen) atoms. The van der Waals surface area contributed by atoms with Crippen LogP contribution in [0, 0.1) is 0 Å². The number of ketones is 1. The zero-order valence-electron chi connectivity index (χ0n) is 16.4. The van der Waals surface area contributed by atoms with Crippen molar-refractivity contribution >= 4 is 13.4 Å². The van der Waals surface area contributed by atoms with Crippen LogP contribution in [0.3, 0.4) is 0 Å². The highest BCUT2D eigenvalue weighted by Gasteiger charge is 2.31. The molecule has 0 aromatic rings. The molecule has 0 heterocycles. The van der Waals surface area contributed by atoms with Gasteiger partial charge in [-0.05, 0) is 66.2 Å². The minimum atomic E-state index is -4.37. The first-order valence-electron chi connectivity index (χ1n) is 9.10. The van der Waals surface area contributed by atoms with Gasteiger partial charge in [-0.15, -0.1) is 0 Å². The fraction of sp³-hybridized carbons (Fsp3) is 0.650. The standard InChI is InChI=1S/C20H35O4P/c1-6-9-16(2)10-7-11-17(3)12-8-13-18(4)14-15-20(19(5)21)25(22,23)24/h10,12,14,20H,6-9,11,13,15H2,1-5H3,(H2,22,23,24)/b16-10+,17-12+,18-14+. The summed E-state index contributed by atoms with van der Waals surface area (Å²) in [6.45, 7) is 9.69. The van der Waals surface area contributed by atoms with Crippen molar-refractivity contribution in [3.8, 4) is 0 Å². The van der Waals surface area contributed by atoms with Crippen molar-refractivity contribution in [2.45, 2.75) is 85.2 Å². The van der Waals surface area contributed by atoms with E-state index in [-0.39, 0.29) is 6.42 Å². The van der Waals surface area contributed by atoms with E-state index in [1.54, 1.807) is 6.08 Å². The molecule has 0 rings (SSSR count). The maximum atomic E-state index is 11.4. The lowest BCUT2D eigenvalue weighted by Crippen LogP contribution is -2.17. The third-order valence-electron chi connectivity index (χ3n) is 4.27. The lowest BCUT2D eigenvalue weighted by Gasteiger charge is -2.13. The van der Waals surface area contributed by atoms with Crippen LogP contribution in [0.15, 0.2) is 34.9 Å². The number of carbonyl (C=O) groups is 1. The average Bonchev–Trinajstić information content (AvgIpc) is 2.45. The fourth-order valence-corrected chi connectivity index (χ4v) is 3.50. The maximum absolute atomic E-state index is 11.4. The van der Waals surface area contributed by atoms with E-state index in [4.69, 9.17) is 0 Å². The molecular formula is C20H35O4P. The van der Waals surface area contributed by atoms with Crippen LogP contribution in [0.1, 0.15) is 79.6 Å². The number of allylic oxidation sites excluding steroid dienone is 6. The number of hydrogen-bond acceptors (Lipinski definition) is 2. The zero-order valence-corrected chi connectivity index (χ0v) is 17.3.